The van der Waals surface area contributed by atoms with Crippen molar-refractivity contribution in [2.24, 2.45) is 0 Å². The summed E-state index contributed by atoms with van der Waals surface area (Å²) in [6.45, 7) is 4.01. The predicted octanol–water partition coefficient (Wildman–Crippen LogP) is 2.02. The second-order valence-electron chi connectivity index (χ2n) is 7.55. The molecular weight excluding hydrogens is 362 g/mol. The van der Waals surface area contributed by atoms with Crippen LogP contribution in [0.1, 0.15) is 24.5 Å². The van der Waals surface area contributed by atoms with Crippen LogP contribution in [0.2, 0.25) is 0 Å². The minimum absolute atomic E-state index is 0.0684. The average molecular weight is 393 g/mol. The van der Waals surface area contributed by atoms with Crippen molar-refractivity contribution in [3.63, 3.8) is 0 Å². The van der Waals surface area contributed by atoms with Gasteiger partial charge in [0, 0.05) is 18.8 Å². The summed E-state index contributed by atoms with van der Waals surface area (Å²) in [5, 5.41) is 2.97. The third-order valence-electron chi connectivity index (χ3n) is 5.29. The van der Waals surface area contributed by atoms with E-state index in [1.54, 1.807) is 0 Å². The maximum Gasteiger partial charge on any atom is 0.279 e. The molecule has 0 fully saturated rings. The number of aryl methyl sites for hydroxylation is 1. The van der Waals surface area contributed by atoms with Gasteiger partial charge >= 0.3 is 0 Å². The van der Waals surface area contributed by atoms with Gasteiger partial charge in [-0.3, -0.25) is 9.59 Å². The highest BCUT2D eigenvalue weighted by Crippen LogP contribution is 2.21. The Hall–Kier alpha value is -2.92. The van der Waals surface area contributed by atoms with E-state index in [2.05, 4.69) is 30.4 Å². The number of anilines is 1. The van der Waals surface area contributed by atoms with Gasteiger partial charge in [-0.05, 0) is 35.6 Å². The van der Waals surface area contributed by atoms with Gasteiger partial charge in [0.15, 0.2) is 13.1 Å². The van der Waals surface area contributed by atoms with Gasteiger partial charge in [0.2, 0.25) is 0 Å². The molecule has 0 saturated heterocycles. The second-order valence-corrected chi connectivity index (χ2v) is 7.55. The zero-order valence-corrected chi connectivity index (χ0v) is 17.3. The molecule has 1 heterocycles. The molecule has 152 valence electrons. The Morgan fingerprint density at radius 2 is 1.76 bits per heavy atom. The summed E-state index contributed by atoms with van der Waals surface area (Å²) < 4.78 is 0. The molecule has 0 spiro atoms. The molecule has 3 rings (SSSR count). The van der Waals surface area contributed by atoms with E-state index in [0.29, 0.717) is 13.1 Å². The number of benzene rings is 2. The van der Waals surface area contributed by atoms with E-state index in [0.717, 1.165) is 35.5 Å². The lowest BCUT2D eigenvalue weighted by Gasteiger charge is -2.27. The Morgan fingerprint density at radius 3 is 2.45 bits per heavy atom. The molecular formula is C24H30N3O2+. The van der Waals surface area contributed by atoms with Crippen molar-refractivity contribution in [1.82, 2.24) is 4.90 Å². The Kier molecular flexibility index (Phi) is 7.19. The zero-order valence-electron chi connectivity index (χ0n) is 17.3. The Balaban J connectivity index is 1.48. The minimum Gasteiger partial charge on any atom is -0.334 e. The largest absolute Gasteiger partial charge is 0.334 e. The number of rotatable bonds is 7. The normalized spacial score (nSPS) is 14.8. The second kappa shape index (κ2) is 10.0. The van der Waals surface area contributed by atoms with Crippen LogP contribution in [0.3, 0.4) is 0 Å². The molecule has 0 bridgehead atoms. The summed E-state index contributed by atoms with van der Waals surface area (Å²) in [7, 11) is 1.89. The molecule has 29 heavy (non-hydrogen) atoms. The van der Waals surface area contributed by atoms with E-state index < -0.39 is 0 Å². The Labute approximate surface area is 173 Å². The van der Waals surface area contributed by atoms with Crippen LogP contribution < -0.4 is 10.2 Å². The van der Waals surface area contributed by atoms with Gasteiger partial charge < -0.3 is 15.1 Å². The summed E-state index contributed by atoms with van der Waals surface area (Å²) in [4.78, 5) is 27.8. The lowest BCUT2D eigenvalue weighted by Crippen LogP contribution is -3.11. The van der Waals surface area contributed by atoms with Crippen LogP contribution in [-0.2, 0) is 16.0 Å². The molecule has 2 amide bonds. The Bertz CT molecular complexity index is 877. The zero-order chi connectivity index (χ0) is 20.6. The molecule has 5 heteroatoms. The predicted molar refractivity (Wildman–Crippen MR) is 117 cm³/mol. The molecule has 1 aliphatic rings. The SMILES string of the molecule is CCc1ccccc1NC(=O)C[NH+](C)CC(=O)N1CC=C(c2ccccc2)CC1. The molecule has 0 aliphatic carbocycles. The number of carbonyl (C=O) groups excluding carboxylic acids is 2. The molecule has 1 aliphatic heterocycles. The molecule has 0 aromatic heterocycles. The van der Waals surface area contributed by atoms with E-state index in [1.165, 1.54) is 11.1 Å². The fourth-order valence-electron chi connectivity index (χ4n) is 3.66. The monoisotopic (exact) mass is 392 g/mol. The summed E-state index contributed by atoms with van der Waals surface area (Å²) in [5.74, 6) is 0.0220. The molecule has 0 radical (unpaired) electrons. The fraction of sp³-hybridized carbons (Fsp3) is 0.333. The van der Waals surface area contributed by atoms with Crippen molar-refractivity contribution in [2.75, 3.05) is 38.5 Å². The number of nitrogens with one attached hydrogen (secondary N) is 2. The van der Waals surface area contributed by atoms with Crippen LogP contribution in [0.25, 0.3) is 5.57 Å². The molecule has 1 atom stereocenters. The maximum absolute atomic E-state index is 12.6. The van der Waals surface area contributed by atoms with Crippen molar-refractivity contribution in [3.05, 3.63) is 71.8 Å². The van der Waals surface area contributed by atoms with Crippen LogP contribution in [0.15, 0.2) is 60.7 Å². The van der Waals surface area contributed by atoms with Gasteiger partial charge in [-0.1, -0.05) is 61.5 Å². The quantitative estimate of drug-likeness (QED) is 0.758. The van der Waals surface area contributed by atoms with Crippen LogP contribution in [-0.4, -0.2) is 49.9 Å². The third kappa shape index (κ3) is 5.78. The number of amides is 2. The van der Waals surface area contributed by atoms with Crippen LogP contribution >= 0.6 is 0 Å². The molecule has 2 aromatic carbocycles. The van der Waals surface area contributed by atoms with Crippen LogP contribution in [0.5, 0.6) is 0 Å². The third-order valence-corrected chi connectivity index (χ3v) is 5.29. The molecule has 0 saturated carbocycles. The molecule has 2 N–H and O–H groups in total. The number of quaternary nitrogens is 1. The van der Waals surface area contributed by atoms with Crippen molar-refractivity contribution in [2.45, 2.75) is 19.8 Å². The first-order chi connectivity index (χ1) is 14.1. The summed E-state index contributed by atoms with van der Waals surface area (Å²) in [6, 6.07) is 18.1. The fourth-order valence-corrected chi connectivity index (χ4v) is 3.66. The van der Waals surface area contributed by atoms with Crippen LogP contribution in [0, 0.1) is 0 Å². The van der Waals surface area contributed by atoms with E-state index in [1.807, 2.05) is 54.4 Å². The first kappa shape index (κ1) is 20.8. The molecule has 5 nitrogen and oxygen atoms in total. The number of hydrogen-bond donors (Lipinski definition) is 2. The number of carbonyl (C=O) groups is 2. The number of nitrogens with zero attached hydrogens (tertiary/aromatic N) is 1. The lowest BCUT2D eigenvalue weighted by molar-refractivity contribution is -0.862. The smallest absolute Gasteiger partial charge is 0.279 e. The van der Waals surface area contributed by atoms with Gasteiger partial charge in [-0.2, -0.15) is 0 Å². The van der Waals surface area contributed by atoms with Crippen molar-refractivity contribution >= 4 is 23.1 Å². The highest BCUT2D eigenvalue weighted by Gasteiger charge is 2.22. The van der Waals surface area contributed by atoms with Gasteiger partial charge in [-0.15, -0.1) is 0 Å². The van der Waals surface area contributed by atoms with Gasteiger partial charge in [0.05, 0.1) is 7.05 Å². The van der Waals surface area contributed by atoms with E-state index in [-0.39, 0.29) is 18.4 Å². The van der Waals surface area contributed by atoms with Crippen molar-refractivity contribution in [1.29, 1.82) is 0 Å². The number of para-hydroxylation sites is 1. The Morgan fingerprint density at radius 1 is 1.03 bits per heavy atom. The van der Waals surface area contributed by atoms with E-state index in [4.69, 9.17) is 0 Å². The summed E-state index contributed by atoms with van der Waals surface area (Å²) >= 11 is 0. The maximum atomic E-state index is 12.6. The lowest BCUT2D eigenvalue weighted by atomic mass is 9.99. The molecule has 2 aromatic rings. The highest BCUT2D eigenvalue weighted by atomic mass is 16.2. The van der Waals surface area contributed by atoms with Gasteiger partial charge in [0.25, 0.3) is 11.8 Å². The highest BCUT2D eigenvalue weighted by molar-refractivity contribution is 5.92. The average Bonchev–Trinajstić information content (AvgIpc) is 2.74. The van der Waals surface area contributed by atoms with Gasteiger partial charge in [0.1, 0.15) is 0 Å². The topological polar surface area (TPSA) is 53.9 Å². The van der Waals surface area contributed by atoms with Crippen molar-refractivity contribution < 1.29 is 14.5 Å². The van der Waals surface area contributed by atoms with Gasteiger partial charge in [-0.25, -0.2) is 0 Å². The summed E-state index contributed by atoms with van der Waals surface area (Å²) in [5.41, 5.74) is 4.49. The number of likely N-dealkylation sites (N-methyl/N-ethyl adjacent to an activating group) is 1. The number of hydrogen-bond acceptors (Lipinski definition) is 2. The minimum atomic E-state index is -0.0684. The van der Waals surface area contributed by atoms with Crippen LogP contribution in [0.4, 0.5) is 5.69 Å². The van der Waals surface area contributed by atoms with Crippen molar-refractivity contribution in [3.8, 4) is 0 Å². The first-order valence-corrected chi connectivity index (χ1v) is 10.3. The summed E-state index contributed by atoms with van der Waals surface area (Å²) in [6.07, 6.45) is 3.87. The molecule has 1 unspecified atom stereocenters. The van der Waals surface area contributed by atoms with E-state index in [9.17, 15) is 9.59 Å². The standard InChI is InChI=1S/C24H29N3O2/c1-3-19-9-7-8-12-22(19)25-23(28)17-26(2)18-24(29)27-15-13-21(14-16-27)20-10-5-4-6-11-20/h4-13H,3,14-18H2,1-2H3,(H,25,28)/p+1. The van der Waals surface area contributed by atoms with E-state index >= 15 is 0 Å². The first-order valence-electron chi connectivity index (χ1n) is 10.3.